The number of rotatable bonds is 4. The van der Waals surface area contributed by atoms with Gasteiger partial charge in [-0.1, -0.05) is 30.3 Å². The fourth-order valence-corrected chi connectivity index (χ4v) is 1.89. The first kappa shape index (κ1) is 11.7. The number of nitrogens with one attached hydrogen (secondary N) is 1. The van der Waals surface area contributed by atoms with Gasteiger partial charge in [0.05, 0.1) is 6.20 Å². The third-order valence-electron chi connectivity index (χ3n) is 2.81. The quantitative estimate of drug-likeness (QED) is 0.873. The number of hydrogen-bond acceptors (Lipinski definition) is 2. The average molecular weight is 230 g/mol. The minimum absolute atomic E-state index is 0.0274. The van der Waals surface area contributed by atoms with Crippen molar-refractivity contribution in [1.29, 1.82) is 0 Å². The summed E-state index contributed by atoms with van der Waals surface area (Å²) in [7, 11) is 1.84. The van der Waals surface area contributed by atoms with Gasteiger partial charge in [0.2, 0.25) is 0 Å². The first-order valence-corrected chi connectivity index (χ1v) is 5.62. The molecule has 2 aromatic rings. The minimum Gasteiger partial charge on any atom is -0.313 e. The molecule has 0 bridgehead atoms. The topological polar surface area (TPSA) is 24.9 Å². The van der Waals surface area contributed by atoms with E-state index < -0.39 is 0 Å². The van der Waals surface area contributed by atoms with Crippen LogP contribution in [0, 0.1) is 5.82 Å². The highest BCUT2D eigenvalue weighted by atomic mass is 19.1. The average Bonchev–Trinajstić information content (AvgIpc) is 2.38. The van der Waals surface area contributed by atoms with Crippen molar-refractivity contribution in [3.05, 3.63) is 65.7 Å². The molecule has 1 unspecified atom stereocenters. The van der Waals surface area contributed by atoms with E-state index in [1.165, 1.54) is 11.8 Å². The summed E-state index contributed by atoms with van der Waals surface area (Å²) in [6, 6.07) is 11.7. The largest absolute Gasteiger partial charge is 0.313 e. The van der Waals surface area contributed by atoms with Crippen LogP contribution in [0.3, 0.4) is 0 Å². The summed E-state index contributed by atoms with van der Waals surface area (Å²) in [4.78, 5) is 3.77. The van der Waals surface area contributed by atoms with Crippen molar-refractivity contribution in [3.63, 3.8) is 0 Å². The zero-order valence-electron chi connectivity index (χ0n) is 9.73. The molecule has 88 valence electrons. The highest BCUT2D eigenvalue weighted by Crippen LogP contribution is 2.19. The van der Waals surface area contributed by atoms with Gasteiger partial charge in [-0.3, -0.25) is 4.98 Å². The summed E-state index contributed by atoms with van der Waals surface area (Å²) >= 11 is 0. The predicted octanol–water partition coefficient (Wildman–Crippen LogP) is 2.72. The van der Waals surface area contributed by atoms with Crippen LogP contribution < -0.4 is 5.32 Å². The van der Waals surface area contributed by atoms with Crippen molar-refractivity contribution in [1.82, 2.24) is 10.3 Å². The SMILES string of the molecule is CNC(Cc1ccccc1)c1ccncc1F. The van der Waals surface area contributed by atoms with Crippen LogP contribution in [-0.4, -0.2) is 12.0 Å². The van der Waals surface area contributed by atoms with Crippen LogP contribution in [0.1, 0.15) is 17.2 Å². The van der Waals surface area contributed by atoms with E-state index in [1.807, 2.05) is 37.4 Å². The normalized spacial score (nSPS) is 12.4. The highest BCUT2D eigenvalue weighted by molar-refractivity contribution is 5.23. The Labute approximate surface area is 101 Å². The first-order chi connectivity index (χ1) is 8.31. The maximum absolute atomic E-state index is 13.6. The number of pyridine rings is 1. The molecule has 0 radical (unpaired) electrons. The third-order valence-corrected chi connectivity index (χ3v) is 2.81. The van der Waals surface area contributed by atoms with E-state index in [9.17, 15) is 4.39 Å². The van der Waals surface area contributed by atoms with Gasteiger partial charge in [0.25, 0.3) is 0 Å². The Hall–Kier alpha value is -1.74. The molecule has 17 heavy (non-hydrogen) atoms. The van der Waals surface area contributed by atoms with Gasteiger partial charge in [-0.05, 0) is 25.1 Å². The van der Waals surface area contributed by atoms with Crippen LogP contribution in [0.5, 0.6) is 0 Å². The van der Waals surface area contributed by atoms with Gasteiger partial charge in [-0.25, -0.2) is 4.39 Å². The molecule has 2 rings (SSSR count). The lowest BCUT2D eigenvalue weighted by atomic mass is 9.99. The van der Waals surface area contributed by atoms with E-state index in [1.54, 1.807) is 12.3 Å². The van der Waals surface area contributed by atoms with Gasteiger partial charge in [0.15, 0.2) is 0 Å². The summed E-state index contributed by atoms with van der Waals surface area (Å²) in [5, 5.41) is 3.14. The molecule has 0 saturated heterocycles. The molecule has 1 heterocycles. The molecule has 1 N–H and O–H groups in total. The molecule has 1 atom stereocenters. The van der Waals surface area contributed by atoms with Crippen LogP contribution >= 0.6 is 0 Å². The molecular weight excluding hydrogens is 215 g/mol. The van der Waals surface area contributed by atoms with Gasteiger partial charge in [-0.2, -0.15) is 0 Å². The van der Waals surface area contributed by atoms with Gasteiger partial charge >= 0.3 is 0 Å². The molecular formula is C14H15FN2. The Bertz CT molecular complexity index is 471. The Morgan fingerprint density at radius 3 is 2.65 bits per heavy atom. The molecule has 0 amide bonds. The summed E-state index contributed by atoms with van der Waals surface area (Å²) in [6.45, 7) is 0. The minimum atomic E-state index is -0.261. The van der Waals surface area contributed by atoms with Crippen LogP contribution in [0.4, 0.5) is 4.39 Å². The van der Waals surface area contributed by atoms with Gasteiger partial charge in [0, 0.05) is 17.8 Å². The Balaban J connectivity index is 2.21. The molecule has 0 aliphatic rings. The van der Waals surface area contributed by atoms with Crippen LogP contribution in [0.25, 0.3) is 0 Å². The number of nitrogens with zero attached hydrogens (tertiary/aromatic N) is 1. The maximum atomic E-state index is 13.6. The first-order valence-electron chi connectivity index (χ1n) is 5.62. The summed E-state index contributed by atoms with van der Waals surface area (Å²) < 4.78 is 13.6. The standard InChI is InChI=1S/C14H15FN2/c1-16-14(9-11-5-3-2-4-6-11)12-7-8-17-10-13(12)15/h2-8,10,14,16H,9H2,1H3. The predicted molar refractivity (Wildman–Crippen MR) is 66.1 cm³/mol. The fraction of sp³-hybridized carbons (Fsp3) is 0.214. The summed E-state index contributed by atoms with van der Waals surface area (Å²) in [5.41, 5.74) is 1.84. The van der Waals surface area contributed by atoms with Gasteiger partial charge in [0.1, 0.15) is 5.82 Å². The molecule has 3 heteroatoms. The number of aromatic nitrogens is 1. The number of benzene rings is 1. The second-order valence-electron chi connectivity index (χ2n) is 3.93. The molecule has 1 aromatic carbocycles. The van der Waals surface area contributed by atoms with E-state index >= 15 is 0 Å². The van der Waals surface area contributed by atoms with E-state index in [-0.39, 0.29) is 11.9 Å². The van der Waals surface area contributed by atoms with Crippen molar-refractivity contribution in [2.75, 3.05) is 7.05 Å². The van der Waals surface area contributed by atoms with E-state index in [0.29, 0.717) is 5.56 Å². The molecule has 0 aliphatic carbocycles. The second kappa shape index (κ2) is 5.55. The van der Waals surface area contributed by atoms with Gasteiger partial charge in [-0.15, -0.1) is 0 Å². The number of hydrogen-bond donors (Lipinski definition) is 1. The van der Waals surface area contributed by atoms with E-state index in [0.717, 1.165) is 6.42 Å². The lowest BCUT2D eigenvalue weighted by Gasteiger charge is -2.17. The maximum Gasteiger partial charge on any atom is 0.146 e. The summed E-state index contributed by atoms with van der Waals surface area (Å²) in [6.07, 6.45) is 3.64. The monoisotopic (exact) mass is 230 g/mol. The zero-order chi connectivity index (χ0) is 12.1. The van der Waals surface area contributed by atoms with Crippen molar-refractivity contribution >= 4 is 0 Å². The van der Waals surface area contributed by atoms with Crippen molar-refractivity contribution in [2.45, 2.75) is 12.5 Å². The van der Waals surface area contributed by atoms with Gasteiger partial charge < -0.3 is 5.32 Å². The van der Waals surface area contributed by atoms with E-state index in [4.69, 9.17) is 0 Å². The van der Waals surface area contributed by atoms with Crippen LogP contribution in [0.15, 0.2) is 48.8 Å². The Kier molecular flexibility index (Phi) is 3.83. The molecule has 2 nitrogen and oxygen atoms in total. The van der Waals surface area contributed by atoms with Crippen molar-refractivity contribution in [2.24, 2.45) is 0 Å². The number of halogens is 1. The lowest BCUT2D eigenvalue weighted by molar-refractivity contribution is 0.530. The van der Waals surface area contributed by atoms with E-state index in [2.05, 4.69) is 10.3 Å². The smallest absolute Gasteiger partial charge is 0.146 e. The molecule has 0 aliphatic heterocycles. The lowest BCUT2D eigenvalue weighted by Crippen LogP contribution is -2.20. The van der Waals surface area contributed by atoms with Crippen molar-refractivity contribution < 1.29 is 4.39 Å². The molecule has 0 fully saturated rings. The molecule has 0 spiro atoms. The number of likely N-dealkylation sites (N-methyl/N-ethyl adjacent to an activating group) is 1. The van der Waals surface area contributed by atoms with Crippen LogP contribution in [-0.2, 0) is 6.42 Å². The molecule has 0 saturated carbocycles. The highest BCUT2D eigenvalue weighted by Gasteiger charge is 2.13. The zero-order valence-corrected chi connectivity index (χ0v) is 9.73. The third kappa shape index (κ3) is 2.88. The second-order valence-corrected chi connectivity index (χ2v) is 3.93. The summed E-state index contributed by atoms with van der Waals surface area (Å²) in [5.74, 6) is -0.261. The van der Waals surface area contributed by atoms with Crippen LogP contribution in [0.2, 0.25) is 0 Å². The fourth-order valence-electron chi connectivity index (χ4n) is 1.89. The Morgan fingerprint density at radius 2 is 2.00 bits per heavy atom. The molecule has 1 aromatic heterocycles. The van der Waals surface area contributed by atoms with Crippen molar-refractivity contribution in [3.8, 4) is 0 Å². The Morgan fingerprint density at radius 1 is 1.24 bits per heavy atom.